The monoisotopic (exact) mass is 396 g/mol. The highest BCUT2D eigenvalue weighted by molar-refractivity contribution is 8.13. The van der Waals surface area contributed by atoms with Crippen molar-refractivity contribution >= 4 is 28.9 Å². The van der Waals surface area contributed by atoms with Crippen molar-refractivity contribution in [2.45, 2.75) is 64.8 Å². The Morgan fingerprint density at radius 1 is 1.11 bits per heavy atom. The normalized spacial score (nSPS) is 32.1. The second-order valence-electron chi connectivity index (χ2n) is 9.00. The van der Waals surface area contributed by atoms with Gasteiger partial charge in [0.15, 0.2) is 5.12 Å². The summed E-state index contributed by atoms with van der Waals surface area (Å²) in [6, 6.07) is -1.25. The molecule has 0 aliphatic heterocycles. The fraction of sp³-hybridized carbons (Fsp3) is 0.850. The topological polar surface area (TPSA) is 86.7 Å². The number of carbonyl (C=O) groups is 3. The minimum absolute atomic E-state index is 0.0374. The zero-order valence-corrected chi connectivity index (χ0v) is 17.2. The van der Waals surface area contributed by atoms with Crippen LogP contribution in [-0.4, -0.2) is 52.0 Å². The molecule has 2 amide bonds. The van der Waals surface area contributed by atoms with E-state index in [9.17, 15) is 14.4 Å². The molecule has 152 valence electrons. The summed E-state index contributed by atoms with van der Waals surface area (Å²) >= 11 is 1.21. The molecule has 0 radical (unpaired) electrons. The molecule has 4 bridgehead atoms. The maximum atomic E-state index is 12.6. The van der Waals surface area contributed by atoms with Gasteiger partial charge in [0.05, 0.1) is 0 Å². The maximum absolute atomic E-state index is 12.6. The van der Waals surface area contributed by atoms with Gasteiger partial charge in [-0.2, -0.15) is 0 Å². The number of hydrogen-bond acceptors (Lipinski definition) is 4. The highest BCUT2D eigenvalue weighted by Gasteiger charge is 2.50. The van der Waals surface area contributed by atoms with Gasteiger partial charge in [-0.15, -0.1) is 0 Å². The number of rotatable bonds is 8. The standard InChI is InChI=1S/C20H32N2O4S/c1-13(18(24)25)21-19(26)22(5-6-27-14(2)23)4-3-20-10-15-7-16(11-20)9-17(8-15)12-20/h13,15-17H,3-12H2,1-2H3,(H,21,26)(H,24,25)/t13-,15?,16?,17?,20?/m0/s1. The number of amides is 2. The fourth-order valence-electron chi connectivity index (χ4n) is 5.92. The van der Waals surface area contributed by atoms with Crippen molar-refractivity contribution in [3.8, 4) is 0 Å². The van der Waals surface area contributed by atoms with E-state index in [0.717, 1.165) is 24.2 Å². The predicted octanol–water partition coefficient (Wildman–Crippen LogP) is 3.36. The Hall–Kier alpha value is -1.24. The van der Waals surface area contributed by atoms with Crippen molar-refractivity contribution in [1.82, 2.24) is 10.2 Å². The summed E-state index contributed by atoms with van der Waals surface area (Å²) in [5.41, 5.74) is 0.374. The van der Waals surface area contributed by atoms with Crippen LogP contribution in [0.4, 0.5) is 4.79 Å². The van der Waals surface area contributed by atoms with Crippen LogP contribution < -0.4 is 5.32 Å². The van der Waals surface area contributed by atoms with Crippen LogP contribution in [-0.2, 0) is 9.59 Å². The highest BCUT2D eigenvalue weighted by atomic mass is 32.2. The smallest absolute Gasteiger partial charge is 0.325 e. The molecule has 0 aromatic rings. The highest BCUT2D eigenvalue weighted by Crippen LogP contribution is 2.61. The molecular weight excluding hydrogens is 364 g/mol. The number of carbonyl (C=O) groups excluding carboxylic acids is 2. The summed E-state index contributed by atoms with van der Waals surface area (Å²) in [4.78, 5) is 36.6. The molecule has 0 aromatic heterocycles. The number of urea groups is 1. The van der Waals surface area contributed by atoms with Crippen LogP contribution in [0.1, 0.15) is 58.8 Å². The molecule has 4 rings (SSSR count). The minimum Gasteiger partial charge on any atom is -0.480 e. The first-order chi connectivity index (χ1) is 12.8. The average molecular weight is 397 g/mol. The van der Waals surface area contributed by atoms with Gasteiger partial charge in [-0.25, -0.2) is 4.79 Å². The van der Waals surface area contributed by atoms with Gasteiger partial charge in [0.1, 0.15) is 6.04 Å². The summed E-state index contributed by atoms with van der Waals surface area (Å²) in [6.45, 7) is 4.11. The molecule has 0 unspecified atom stereocenters. The third kappa shape index (κ3) is 5.18. The maximum Gasteiger partial charge on any atom is 0.325 e. The van der Waals surface area contributed by atoms with Crippen LogP contribution in [0.25, 0.3) is 0 Å². The van der Waals surface area contributed by atoms with E-state index in [4.69, 9.17) is 5.11 Å². The molecule has 4 saturated carbocycles. The van der Waals surface area contributed by atoms with Gasteiger partial charge in [0.2, 0.25) is 0 Å². The second kappa shape index (κ2) is 8.41. The molecule has 4 aliphatic rings. The molecular formula is C20H32N2O4S. The van der Waals surface area contributed by atoms with Crippen LogP contribution >= 0.6 is 11.8 Å². The predicted molar refractivity (Wildman–Crippen MR) is 106 cm³/mol. The zero-order valence-electron chi connectivity index (χ0n) is 16.4. The van der Waals surface area contributed by atoms with Gasteiger partial charge >= 0.3 is 12.0 Å². The summed E-state index contributed by atoms with van der Waals surface area (Å²) in [5, 5.41) is 11.7. The molecule has 6 nitrogen and oxygen atoms in total. The fourth-order valence-corrected chi connectivity index (χ4v) is 6.52. The van der Waals surface area contributed by atoms with Crippen molar-refractivity contribution in [2.75, 3.05) is 18.8 Å². The first-order valence-electron chi connectivity index (χ1n) is 10.2. The summed E-state index contributed by atoms with van der Waals surface area (Å²) in [7, 11) is 0. The zero-order chi connectivity index (χ0) is 19.6. The van der Waals surface area contributed by atoms with Gasteiger partial charge in [-0.1, -0.05) is 11.8 Å². The number of hydrogen-bond donors (Lipinski definition) is 2. The van der Waals surface area contributed by atoms with Crippen molar-refractivity contribution in [3.63, 3.8) is 0 Å². The Morgan fingerprint density at radius 3 is 2.15 bits per heavy atom. The van der Waals surface area contributed by atoms with E-state index in [0.29, 0.717) is 24.3 Å². The molecule has 4 aliphatic carbocycles. The van der Waals surface area contributed by atoms with Gasteiger partial charge in [-0.05, 0) is 75.0 Å². The lowest BCUT2D eigenvalue weighted by Crippen LogP contribution is -2.50. The van der Waals surface area contributed by atoms with E-state index < -0.39 is 12.0 Å². The average Bonchev–Trinajstić information content (AvgIpc) is 2.56. The van der Waals surface area contributed by atoms with Crippen molar-refractivity contribution in [2.24, 2.45) is 23.2 Å². The van der Waals surface area contributed by atoms with Gasteiger partial charge in [0, 0.05) is 25.8 Å². The Kier molecular flexibility index (Phi) is 6.39. The molecule has 27 heavy (non-hydrogen) atoms. The SMILES string of the molecule is CC(=O)SCCN(CCC12CC3CC(CC(C3)C1)C2)C(=O)N[C@@H](C)C(=O)O. The first kappa shape index (κ1) is 20.5. The van der Waals surface area contributed by atoms with Gasteiger partial charge in [0.25, 0.3) is 0 Å². The molecule has 4 fully saturated rings. The summed E-state index contributed by atoms with van der Waals surface area (Å²) < 4.78 is 0. The van der Waals surface area contributed by atoms with Gasteiger partial charge in [-0.3, -0.25) is 9.59 Å². The Bertz CT molecular complexity index is 559. The summed E-state index contributed by atoms with van der Waals surface area (Å²) in [6.07, 6.45) is 9.07. The Labute approximate surface area is 165 Å². The number of nitrogens with zero attached hydrogens (tertiary/aromatic N) is 1. The minimum atomic E-state index is -1.04. The number of carboxylic acid groups (broad SMARTS) is 1. The lowest BCUT2D eigenvalue weighted by molar-refractivity contribution is -0.138. The quantitative estimate of drug-likeness (QED) is 0.657. The molecule has 1 atom stereocenters. The van der Waals surface area contributed by atoms with Crippen LogP contribution in [0, 0.1) is 23.2 Å². The van der Waals surface area contributed by atoms with Crippen LogP contribution in [0.2, 0.25) is 0 Å². The molecule has 0 saturated heterocycles. The second-order valence-corrected chi connectivity index (χ2v) is 10.3. The lowest BCUT2D eigenvalue weighted by atomic mass is 9.49. The van der Waals surface area contributed by atoms with Crippen molar-refractivity contribution in [3.05, 3.63) is 0 Å². The molecule has 0 heterocycles. The summed E-state index contributed by atoms with van der Waals surface area (Å²) in [5.74, 6) is 2.13. The first-order valence-corrected chi connectivity index (χ1v) is 11.2. The molecule has 2 N–H and O–H groups in total. The Balaban J connectivity index is 1.59. The number of aliphatic carboxylic acids is 1. The third-order valence-corrected chi connectivity index (χ3v) is 7.53. The molecule has 0 spiro atoms. The van der Waals surface area contributed by atoms with E-state index in [1.807, 2.05) is 0 Å². The van der Waals surface area contributed by atoms with E-state index in [2.05, 4.69) is 5.32 Å². The third-order valence-electron chi connectivity index (χ3n) is 6.74. The van der Waals surface area contributed by atoms with Crippen molar-refractivity contribution < 1.29 is 19.5 Å². The molecule has 7 heteroatoms. The number of nitrogens with one attached hydrogen (secondary N) is 1. The van der Waals surface area contributed by atoms with E-state index in [-0.39, 0.29) is 11.1 Å². The number of thioether (sulfide) groups is 1. The lowest BCUT2D eigenvalue weighted by Gasteiger charge is -2.57. The number of carboxylic acids is 1. The van der Waals surface area contributed by atoms with Crippen LogP contribution in [0.15, 0.2) is 0 Å². The molecule has 0 aromatic carbocycles. The largest absolute Gasteiger partial charge is 0.480 e. The van der Waals surface area contributed by atoms with Crippen LogP contribution in [0.3, 0.4) is 0 Å². The van der Waals surface area contributed by atoms with Crippen molar-refractivity contribution in [1.29, 1.82) is 0 Å². The van der Waals surface area contributed by atoms with Gasteiger partial charge < -0.3 is 15.3 Å². The van der Waals surface area contributed by atoms with E-state index >= 15 is 0 Å². The van der Waals surface area contributed by atoms with E-state index in [1.54, 1.807) is 4.90 Å². The Morgan fingerprint density at radius 2 is 1.67 bits per heavy atom. The van der Waals surface area contributed by atoms with E-state index in [1.165, 1.54) is 64.1 Å². The van der Waals surface area contributed by atoms with Crippen LogP contribution in [0.5, 0.6) is 0 Å².